The van der Waals surface area contributed by atoms with Gasteiger partial charge in [-0.15, -0.1) is 10.2 Å². The lowest BCUT2D eigenvalue weighted by Crippen LogP contribution is -2.16. The number of methoxy groups -OCH3 is 1. The van der Waals surface area contributed by atoms with E-state index < -0.39 is 0 Å². The Bertz CT molecular complexity index is 955. The minimum atomic E-state index is -0.272. The quantitative estimate of drug-likeness (QED) is 0.592. The summed E-state index contributed by atoms with van der Waals surface area (Å²) in [7, 11) is 1.67. The van der Waals surface area contributed by atoms with E-state index in [-0.39, 0.29) is 11.6 Å². The molecule has 0 unspecified atom stereocenters. The largest absolute Gasteiger partial charge is 0.496 e. The third-order valence-electron chi connectivity index (χ3n) is 4.62. The zero-order valence-electron chi connectivity index (χ0n) is 17.0. The molecule has 1 heterocycles. The van der Waals surface area contributed by atoms with Crippen LogP contribution in [0.5, 0.6) is 5.75 Å². The van der Waals surface area contributed by atoms with Crippen LogP contribution in [0.25, 0.3) is 0 Å². The third kappa shape index (κ3) is 5.31. The molecule has 3 rings (SSSR count). The lowest BCUT2D eigenvalue weighted by atomic mass is 10.0. The molecule has 0 aliphatic heterocycles. The van der Waals surface area contributed by atoms with Crippen LogP contribution >= 0.6 is 0 Å². The first kappa shape index (κ1) is 20.3. The summed E-state index contributed by atoms with van der Waals surface area (Å²) in [5.74, 6) is 1.53. The van der Waals surface area contributed by atoms with Crippen molar-refractivity contribution in [2.24, 2.45) is 0 Å². The van der Waals surface area contributed by atoms with Crippen LogP contribution < -0.4 is 15.4 Å². The first-order valence-electron chi connectivity index (χ1n) is 9.68. The standard InChI is InChI=1S/C23H26N4O2/c1-16(2)18-9-5-6-10-19(18)25-23(28)20-12-13-22(27-26-20)24-15-14-17-8-4-7-11-21(17)29-3/h4-13,16H,14-15H2,1-3H3,(H,24,27)(H,25,28). The molecule has 0 saturated carbocycles. The fourth-order valence-electron chi connectivity index (χ4n) is 3.08. The van der Waals surface area contributed by atoms with Crippen LogP contribution in [0.3, 0.4) is 0 Å². The Morgan fingerprint density at radius 1 is 1.00 bits per heavy atom. The minimum absolute atomic E-state index is 0.272. The highest BCUT2D eigenvalue weighted by atomic mass is 16.5. The van der Waals surface area contributed by atoms with Crippen LogP contribution in [0.4, 0.5) is 11.5 Å². The van der Waals surface area contributed by atoms with Gasteiger partial charge in [0.25, 0.3) is 5.91 Å². The van der Waals surface area contributed by atoms with Crippen molar-refractivity contribution in [3.05, 3.63) is 77.5 Å². The number of amides is 1. The van der Waals surface area contributed by atoms with Gasteiger partial charge in [0.15, 0.2) is 5.69 Å². The van der Waals surface area contributed by atoms with E-state index in [9.17, 15) is 4.79 Å². The molecule has 6 nitrogen and oxygen atoms in total. The van der Waals surface area contributed by atoms with E-state index in [2.05, 4.69) is 34.7 Å². The van der Waals surface area contributed by atoms with E-state index >= 15 is 0 Å². The van der Waals surface area contributed by atoms with Gasteiger partial charge in [0.2, 0.25) is 0 Å². The monoisotopic (exact) mass is 390 g/mol. The highest BCUT2D eigenvalue weighted by Gasteiger charge is 2.12. The van der Waals surface area contributed by atoms with E-state index in [0.29, 0.717) is 18.3 Å². The summed E-state index contributed by atoms with van der Waals surface area (Å²) in [5.41, 5.74) is 3.28. The summed E-state index contributed by atoms with van der Waals surface area (Å²) >= 11 is 0. The Balaban J connectivity index is 1.58. The molecule has 0 spiro atoms. The van der Waals surface area contributed by atoms with Gasteiger partial charge in [-0.1, -0.05) is 50.2 Å². The Kier molecular flexibility index (Phi) is 6.79. The van der Waals surface area contributed by atoms with E-state index in [0.717, 1.165) is 29.0 Å². The highest BCUT2D eigenvalue weighted by Crippen LogP contribution is 2.24. The van der Waals surface area contributed by atoms with Gasteiger partial charge in [0.05, 0.1) is 7.11 Å². The van der Waals surface area contributed by atoms with Gasteiger partial charge in [-0.3, -0.25) is 4.79 Å². The number of para-hydroxylation sites is 2. The summed E-state index contributed by atoms with van der Waals surface area (Å²) in [5, 5.41) is 14.3. The fraction of sp³-hybridized carbons (Fsp3) is 0.261. The molecular formula is C23H26N4O2. The number of carbonyl (C=O) groups is 1. The molecule has 3 aromatic rings. The van der Waals surface area contributed by atoms with Gasteiger partial charge in [0.1, 0.15) is 11.6 Å². The van der Waals surface area contributed by atoms with Crippen molar-refractivity contribution in [1.82, 2.24) is 10.2 Å². The van der Waals surface area contributed by atoms with Gasteiger partial charge >= 0.3 is 0 Å². The highest BCUT2D eigenvalue weighted by molar-refractivity contribution is 6.03. The van der Waals surface area contributed by atoms with Crippen molar-refractivity contribution in [2.75, 3.05) is 24.3 Å². The number of rotatable bonds is 8. The molecule has 0 aliphatic carbocycles. The summed E-state index contributed by atoms with van der Waals surface area (Å²) in [6, 6.07) is 19.1. The third-order valence-corrected chi connectivity index (χ3v) is 4.62. The van der Waals surface area contributed by atoms with Gasteiger partial charge in [0, 0.05) is 12.2 Å². The lowest BCUT2D eigenvalue weighted by Gasteiger charge is -2.13. The SMILES string of the molecule is COc1ccccc1CCNc1ccc(C(=O)Nc2ccccc2C(C)C)nn1. The normalized spacial score (nSPS) is 10.6. The molecule has 1 aromatic heterocycles. The smallest absolute Gasteiger partial charge is 0.276 e. The van der Waals surface area contributed by atoms with Crippen LogP contribution in [-0.4, -0.2) is 29.8 Å². The Hall–Kier alpha value is -3.41. The fourth-order valence-corrected chi connectivity index (χ4v) is 3.08. The molecule has 0 aliphatic rings. The van der Waals surface area contributed by atoms with Crippen molar-refractivity contribution < 1.29 is 9.53 Å². The zero-order valence-corrected chi connectivity index (χ0v) is 17.0. The Labute approximate surface area is 171 Å². The van der Waals surface area contributed by atoms with E-state index in [1.165, 1.54) is 0 Å². The summed E-state index contributed by atoms with van der Waals surface area (Å²) in [6.07, 6.45) is 0.792. The Morgan fingerprint density at radius 3 is 2.48 bits per heavy atom. The Morgan fingerprint density at radius 2 is 1.76 bits per heavy atom. The number of nitrogens with zero attached hydrogens (tertiary/aromatic N) is 2. The second-order valence-corrected chi connectivity index (χ2v) is 6.99. The average Bonchev–Trinajstić information content (AvgIpc) is 2.74. The van der Waals surface area contributed by atoms with Crippen LogP contribution in [0.1, 0.15) is 41.4 Å². The average molecular weight is 390 g/mol. The predicted octanol–water partition coefficient (Wildman–Crippen LogP) is 4.52. The summed E-state index contributed by atoms with van der Waals surface area (Å²) < 4.78 is 5.36. The zero-order chi connectivity index (χ0) is 20.6. The topological polar surface area (TPSA) is 76.1 Å². The van der Waals surface area contributed by atoms with Crippen molar-refractivity contribution in [3.63, 3.8) is 0 Å². The number of benzene rings is 2. The molecule has 0 bridgehead atoms. The van der Waals surface area contributed by atoms with E-state index in [4.69, 9.17) is 4.74 Å². The van der Waals surface area contributed by atoms with E-state index in [1.54, 1.807) is 19.2 Å². The molecule has 0 fully saturated rings. The van der Waals surface area contributed by atoms with Crippen molar-refractivity contribution >= 4 is 17.4 Å². The molecule has 150 valence electrons. The molecule has 0 atom stereocenters. The second-order valence-electron chi connectivity index (χ2n) is 6.99. The van der Waals surface area contributed by atoms with Crippen molar-refractivity contribution in [2.45, 2.75) is 26.2 Å². The summed E-state index contributed by atoms with van der Waals surface area (Å²) in [6.45, 7) is 4.87. The number of aromatic nitrogens is 2. The number of carbonyl (C=O) groups excluding carboxylic acids is 1. The minimum Gasteiger partial charge on any atom is -0.496 e. The van der Waals surface area contributed by atoms with Crippen LogP contribution in [0.2, 0.25) is 0 Å². The number of hydrogen-bond acceptors (Lipinski definition) is 5. The van der Waals surface area contributed by atoms with Crippen molar-refractivity contribution in [3.8, 4) is 5.75 Å². The number of nitrogens with one attached hydrogen (secondary N) is 2. The van der Waals surface area contributed by atoms with Gasteiger partial charge in [-0.2, -0.15) is 0 Å². The van der Waals surface area contributed by atoms with Crippen LogP contribution in [0.15, 0.2) is 60.7 Å². The van der Waals surface area contributed by atoms with Gasteiger partial charge < -0.3 is 15.4 Å². The molecule has 6 heteroatoms. The maximum Gasteiger partial charge on any atom is 0.276 e. The van der Waals surface area contributed by atoms with Crippen LogP contribution in [-0.2, 0) is 6.42 Å². The second kappa shape index (κ2) is 9.68. The predicted molar refractivity (Wildman–Crippen MR) is 116 cm³/mol. The molecule has 1 amide bonds. The van der Waals surface area contributed by atoms with E-state index in [1.807, 2.05) is 48.5 Å². The molecular weight excluding hydrogens is 364 g/mol. The van der Waals surface area contributed by atoms with Crippen LogP contribution in [0, 0.1) is 0 Å². The maximum atomic E-state index is 12.5. The maximum absolute atomic E-state index is 12.5. The molecule has 0 radical (unpaired) electrons. The van der Waals surface area contributed by atoms with Crippen molar-refractivity contribution in [1.29, 1.82) is 0 Å². The van der Waals surface area contributed by atoms with Gasteiger partial charge in [-0.05, 0) is 47.7 Å². The summed E-state index contributed by atoms with van der Waals surface area (Å²) in [4.78, 5) is 12.5. The first-order chi connectivity index (χ1) is 14.1. The first-order valence-corrected chi connectivity index (χ1v) is 9.68. The number of ether oxygens (including phenoxy) is 1. The lowest BCUT2D eigenvalue weighted by molar-refractivity contribution is 0.102. The van der Waals surface area contributed by atoms with Gasteiger partial charge in [-0.25, -0.2) is 0 Å². The molecule has 2 aromatic carbocycles. The number of hydrogen-bond donors (Lipinski definition) is 2. The molecule has 29 heavy (non-hydrogen) atoms. The number of anilines is 2. The molecule has 2 N–H and O–H groups in total. The molecule has 0 saturated heterocycles.